The number of carbonyl (C=O) groups is 1. The molecule has 0 unspecified atom stereocenters. The molecule has 102 valence electrons. The van der Waals surface area contributed by atoms with Crippen LogP contribution in [0.4, 0.5) is 10.1 Å². The number of benzene rings is 1. The summed E-state index contributed by atoms with van der Waals surface area (Å²) >= 11 is 0. The van der Waals surface area contributed by atoms with Crippen LogP contribution in [0.15, 0.2) is 30.5 Å². The summed E-state index contributed by atoms with van der Waals surface area (Å²) in [5, 5.41) is 3.31. The van der Waals surface area contributed by atoms with Crippen molar-refractivity contribution in [2.45, 2.75) is 12.8 Å². The predicted octanol–water partition coefficient (Wildman–Crippen LogP) is 2.34. The average molecular weight is 271 g/mol. The summed E-state index contributed by atoms with van der Waals surface area (Å²) in [4.78, 5) is 14.9. The maximum Gasteiger partial charge on any atom is 0.253 e. The molecule has 0 bridgehead atoms. The van der Waals surface area contributed by atoms with Crippen molar-refractivity contribution in [1.82, 2.24) is 4.98 Å². The van der Waals surface area contributed by atoms with Gasteiger partial charge in [0.25, 0.3) is 5.91 Å². The second-order valence-corrected chi connectivity index (χ2v) is 4.79. The average Bonchev–Trinajstić information content (AvgIpc) is 2.46. The van der Waals surface area contributed by atoms with Gasteiger partial charge >= 0.3 is 0 Å². The van der Waals surface area contributed by atoms with Crippen LogP contribution >= 0.6 is 0 Å². The predicted molar refractivity (Wildman–Crippen MR) is 75.0 cm³/mol. The fourth-order valence-electron chi connectivity index (χ4n) is 2.54. The standard InChI is InChI=1S/C15H14FN3O/c16-14-13(15(17)20)11(5-7-19-14)10-4-3-9-2-1-6-18-12(9)8-10/h3-5,7-8,18H,1-2,6H2,(H2,17,20). The van der Waals surface area contributed by atoms with Crippen LogP contribution in [-0.4, -0.2) is 17.4 Å². The third-order valence-electron chi connectivity index (χ3n) is 3.51. The van der Waals surface area contributed by atoms with Crippen molar-refractivity contribution >= 4 is 11.6 Å². The second kappa shape index (κ2) is 4.92. The number of pyridine rings is 1. The van der Waals surface area contributed by atoms with Gasteiger partial charge in [-0.1, -0.05) is 12.1 Å². The zero-order valence-corrected chi connectivity index (χ0v) is 10.8. The Morgan fingerprint density at radius 3 is 3.00 bits per heavy atom. The van der Waals surface area contributed by atoms with E-state index in [0.717, 1.165) is 30.6 Å². The molecule has 0 fully saturated rings. The number of hydrogen-bond acceptors (Lipinski definition) is 3. The summed E-state index contributed by atoms with van der Waals surface area (Å²) in [5.41, 5.74) is 8.58. The summed E-state index contributed by atoms with van der Waals surface area (Å²) in [6.07, 6.45) is 3.46. The van der Waals surface area contributed by atoms with Crippen molar-refractivity contribution < 1.29 is 9.18 Å². The topological polar surface area (TPSA) is 68.0 Å². The van der Waals surface area contributed by atoms with Gasteiger partial charge < -0.3 is 11.1 Å². The van der Waals surface area contributed by atoms with Crippen LogP contribution in [0.1, 0.15) is 22.3 Å². The molecule has 1 amide bonds. The van der Waals surface area contributed by atoms with Crippen LogP contribution in [0.3, 0.4) is 0 Å². The molecule has 0 saturated heterocycles. The molecule has 0 saturated carbocycles. The normalized spacial score (nSPS) is 13.4. The SMILES string of the molecule is NC(=O)c1c(-c2ccc3c(c2)NCCC3)ccnc1F. The molecule has 3 rings (SSSR count). The van der Waals surface area contributed by atoms with Crippen molar-refractivity contribution in [1.29, 1.82) is 0 Å². The summed E-state index contributed by atoms with van der Waals surface area (Å²) < 4.78 is 13.7. The van der Waals surface area contributed by atoms with Gasteiger partial charge in [0.05, 0.1) is 0 Å². The number of nitrogens with one attached hydrogen (secondary N) is 1. The van der Waals surface area contributed by atoms with Crippen LogP contribution in [0.5, 0.6) is 0 Å². The van der Waals surface area contributed by atoms with Crippen LogP contribution in [-0.2, 0) is 6.42 Å². The molecule has 1 aliphatic rings. The highest BCUT2D eigenvalue weighted by molar-refractivity contribution is 6.00. The van der Waals surface area contributed by atoms with Gasteiger partial charge in [0, 0.05) is 24.0 Å². The number of anilines is 1. The number of fused-ring (bicyclic) bond motifs is 1. The van der Waals surface area contributed by atoms with Crippen LogP contribution < -0.4 is 11.1 Å². The Labute approximate surface area is 115 Å². The zero-order valence-electron chi connectivity index (χ0n) is 10.8. The number of nitrogens with two attached hydrogens (primary N) is 1. The highest BCUT2D eigenvalue weighted by atomic mass is 19.1. The minimum atomic E-state index is -0.833. The van der Waals surface area contributed by atoms with Crippen molar-refractivity contribution in [3.05, 3.63) is 47.5 Å². The molecule has 5 heteroatoms. The first-order valence-electron chi connectivity index (χ1n) is 6.48. The number of amides is 1. The summed E-state index contributed by atoms with van der Waals surface area (Å²) in [7, 11) is 0. The van der Waals surface area contributed by atoms with Gasteiger partial charge in [-0.3, -0.25) is 4.79 Å². The first kappa shape index (κ1) is 12.6. The van der Waals surface area contributed by atoms with E-state index in [1.807, 2.05) is 18.2 Å². The van der Waals surface area contributed by atoms with Gasteiger partial charge in [-0.25, -0.2) is 4.98 Å². The fourth-order valence-corrected chi connectivity index (χ4v) is 2.54. The first-order chi connectivity index (χ1) is 9.66. The van der Waals surface area contributed by atoms with E-state index < -0.39 is 11.9 Å². The maximum absolute atomic E-state index is 13.7. The lowest BCUT2D eigenvalue weighted by Gasteiger charge is -2.19. The molecule has 3 N–H and O–H groups in total. The highest BCUT2D eigenvalue weighted by Gasteiger charge is 2.18. The number of carbonyl (C=O) groups excluding carboxylic acids is 1. The largest absolute Gasteiger partial charge is 0.385 e. The molecular weight excluding hydrogens is 257 g/mol. The Hall–Kier alpha value is -2.43. The molecule has 0 spiro atoms. The van der Waals surface area contributed by atoms with E-state index in [1.165, 1.54) is 11.8 Å². The summed E-state index contributed by atoms with van der Waals surface area (Å²) in [6.45, 7) is 0.920. The number of halogens is 1. The van der Waals surface area contributed by atoms with Crippen molar-refractivity contribution in [3.8, 4) is 11.1 Å². The molecule has 0 aliphatic carbocycles. The molecule has 0 radical (unpaired) electrons. The minimum absolute atomic E-state index is 0.164. The summed E-state index contributed by atoms with van der Waals surface area (Å²) in [6, 6.07) is 7.41. The van der Waals surface area contributed by atoms with Crippen LogP contribution in [0.25, 0.3) is 11.1 Å². The van der Waals surface area contributed by atoms with E-state index in [2.05, 4.69) is 10.3 Å². The lowest BCUT2D eigenvalue weighted by atomic mass is 9.96. The number of aryl methyl sites for hydroxylation is 1. The Kier molecular flexibility index (Phi) is 3.10. The Morgan fingerprint density at radius 1 is 1.35 bits per heavy atom. The number of rotatable bonds is 2. The van der Waals surface area contributed by atoms with Crippen molar-refractivity contribution in [2.24, 2.45) is 5.73 Å². The summed E-state index contributed by atoms with van der Waals surface area (Å²) in [5.74, 6) is -1.64. The molecule has 1 aromatic heterocycles. The minimum Gasteiger partial charge on any atom is -0.385 e. The van der Waals surface area contributed by atoms with Crippen LogP contribution in [0, 0.1) is 5.95 Å². The lowest BCUT2D eigenvalue weighted by molar-refractivity contribution is 0.0996. The maximum atomic E-state index is 13.7. The second-order valence-electron chi connectivity index (χ2n) is 4.79. The molecule has 2 heterocycles. The van der Waals surface area contributed by atoms with Crippen LogP contribution in [0.2, 0.25) is 0 Å². The quantitative estimate of drug-likeness (QED) is 0.824. The Morgan fingerprint density at radius 2 is 2.20 bits per heavy atom. The molecular formula is C15H14FN3O. The fraction of sp³-hybridized carbons (Fsp3) is 0.200. The van der Waals surface area contributed by atoms with E-state index in [1.54, 1.807) is 6.07 Å². The van der Waals surface area contributed by atoms with Gasteiger partial charge in [0.1, 0.15) is 5.56 Å². The van der Waals surface area contributed by atoms with Gasteiger partial charge in [-0.2, -0.15) is 4.39 Å². The molecule has 0 atom stereocenters. The first-order valence-corrected chi connectivity index (χ1v) is 6.48. The molecule has 4 nitrogen and oxygen atoms in total. The van der Waals surface area contributed by atoms with Crippen molar-refractivity contribution in [2.75, 3.05) is 11.9 Å². The van der Waals surface area contributed by atoms with Crippen molar-refractivity contribution in [3.63, 3.8) is 0 Å². The molecule has 20 heavy (non-hydrogen) atoms. The van der Waals surface area contributed by atoms with Gasteiger partial charge in [0.2, 0.25) is 5.95 Å². The smallest absolute Gasteiger partial charge is 0.253 e. The lowest BCUT2D eigenvalue weighted by Crippen LogP contribution is -2.16. The highest BCUT2D eigenvalue weighted by Crippen LogP contribution is 2.30. The monoisotopic (exact) mass is 271 g/mol. The number of nitrogens with zero attached hydrogens (tertiary/aromatic N) is 1. The zero-order chi connectivity index (χ0) is 14.1. The van der Waals surface area contributed by atoms with Gasteiger partial charge in [-0.15, -0.1) is 0 Å². The number of aromatic nitrogens is 1. The Balaban J connectivity index is 2.14. The van der Waals surface area contributed by atoms with E-state index in [9.17, 15) is 9.18 Å². The van der Waals surface area contributed by atoms with Gasteiger partial charge in [-0.05, 0) is 36.1 Å². The Bertz CT molecular complexity index is 685. The molecule has 1 aromatic carbocycles. The molecule has 2 aromatic rings. The van der Waals surface area contributed by atoms with E-state index >= 15 is 0 Å². The van der Waals surface area contributed by atoms with E-state index in [0.29, 0.717) is 5.56 Å². The van der Waals surface area contributed by atoms with E-state index in [4.69, 9.17) is 5.73 Å². The van der Waals surface area contributed by atoms with Gasteiger partial charge in [0.15, 0.2) is 0 Å². The van der Waals surface area contributed by atoms with E-state index in [-0.39, 0.29) is 5.56 Å². The third kappa shape index (κ3) is 2.11. The number of hydrogen-bond donors (Lipinski definition) is 2. The molecule has 1 aliphatic heterocycles. The third-order valence-corrected chi connectivity index (χ3v) is 3.51. The number of primary amides is 1.